The van der Waals surface area contributed by atoms with Crippen molar-refractivity contribution in [3.63, 3.8) is 0 Å². The maximum absolute atomic E-state index is 12.0. The molecule has 0 aliphatic heterocycles. The van der Waals surface area contributed by atoms with Gasteiger partial charge in [0.25, 0.3) is 10.1 Å². The van der Waals surface area contributed by atoms with Crippen molar-refractivity contribution in [2.24, 2.45) is 32.5 Å². The van der Waals surface area contributed by atoms with Gasteiger partial charge >= 0.3 is 35.8 Å². The molecule has 19 heteroatoms. The summed E-state index contributed by atoms with van der Waals surface area (Å²) < 4.78 is 59.2. The van der Waals surface area contributed by atoms with Crippen LogP contribution in [0.3, 0.4) is 0 Å². The number of esters is 4. The first-order valence-corrected chi connectivity index (χ1v) is 30.4. The quantitative estimate of drug-likeness (QED) is 0.0261. The van der Waals surface area contributed by atoms with Crippen LogP contribution < -0.4 is 0 Å². The topological polar surface area (TPSA) is 262 Å². The molecule has 0 radical (unpaired) electrons. The van der Waals surface area contributed by atoms with Gasteiger partial charge in [0.1, 0.15) is 22.4 Å². The highest BCUT2D eigenvalue weighted by Crippen LogP contribution is 2.56. The minimum absolute atomic E-state index is 0. The van der Waals surface area contributed by atoms with Crippen LogP contribution in [0.2, 0.25) is 0 Å². The maximum atomic E-state index is 12.0. The molecular formula is C60H106O18S. The van der Waals surface area contributed by atoms with Gasteiger partial charge in [0, 0.05) is 33.0 Å². The molecule has 79 heavy (non-hydrogen) atoms. The number of carboxylic acids is 2. The Morgan fingerprint density at radius 3 is 0.759 bits per heavy atom. The first-order valence-electron chi connectivity index (χ1n) is 28.6. The Morgan fingerprint density at radius 1 is 0.380 bits per heavy atom. The lowest BCUT2D eigenvalue weighted by atomic mass is 9.98. The van der Waals surface area contributed by atoms with Crippen LogP contribution >= 0.6 is 0 Å². The van der Waals surface area contributed by atoms with Gasteiger partial charge in [-0.3, -0.25) is 33.0 Å². The number of carbonyl (C=O) groups excluding carboxylic acids is 4. The van der Waals surface area contributed by atoms with E-state index in [4.69, 9.17) is 47.9 Å². The highest BCUT2D eigenvalue weighted by atomic mass is 32.2. The smallest absolute Gasteiger partial charge is 0.306 e. The van der Waals surface area contributed by atoms with E-state index in [1.54, 1.807) is 0 Å². The normalized spacial score (nSPS) is 19.7. The van der Waals surface area contributed by atoms with Crippen molar-refractivity contribution in [1.29, 1.82) is 0 Å². The van der Waals surface area contributed by atoms with Gasteiger partial charge in [-0.2, -0.15) is 8.42 Å². The number of carboxylic acid groups (broad SMARTS) is 2. The monoisotopic (exact) mass is 1150 g/mol. The van der Waals surface area contributed by atoms with Crippen molar-refractivity contribution in [3.05, 3.63) is 0 Å². The highest BCUT2D eigenvalue weighted by Gasteiger charge is 2.49. The predicted octanol–water partition coefficient (Wildman–Crippen LogP) is 11.5. The summed E-state index contributed by atoms with van der Waals surface area (Å²) in [5.74, 6) is -2.02. The summed E-state index contributed by atoms with van der Waals surface area (Å²) in [5.41, 5.74) is -1.58. The van der Waals surface area contributed by atoms with Crippen LogP contribution in [0.1, 0.15) is 245 Å². The molecule has 0 heterocycles. The van der Waals surface area contributed by atoms with E-state index >= 15 is 0 Å². The molecule has 6 aliphatic carbocycles. The molecule has 0 amide bonds. The molecule has 3 N–H and O–H groups in total. The number of carbonyl (C=O) groups is 6. The maximum Gasteiger partial charge on any atom is 0.306 e. The second-order valence-electron chi connectivity index (χ2n) is 28.2. The van der Waals surface area contributed by atoms with Crippen molar-refractivity contribution in [2.45, 2.75) is 267 Å². The number of ether oxygens (including phenoxy) is 6. The largest absolute Gasteiger partial charge is 0.481 e. The van der Waals surface area contributed by atoms with E-state index in [9.17, 15) is 37.2 Å². The second kappa shape index (κ2) is 29.2. The van der Waals surface area contributed by atoms with Crippen molar-refractivity contribution in [3.8, 4) is 0 Å². The fourth-order valence-electron chi connectivity index (χ4n) is 9.53. The average molecular weight is 1150 g/mol. The zero-order chi connectivity index (χ0) is 59.1. The van der Waals surface area contributed by atoms with Crippen LogP contribution in [0.25, 0.3) is 0 Å². The third kappa shape index (κ3) is 33.3. The molecule has 6 fully saturated rings. The Balaban J connectivity index is 0.000000369. The van der Waals surface area contributed by atoms with Crippen molar-refractivity contribution >= 4 is 45.9 Å². The Morgan fingerprint density at radius 2 is 0.582 bits per heavy atom. The zero-order valence-electron chi connectivity index (χ0n) is 50.1. The molecule has 0 spiro atoms. The molecule has 0 aromatic rings. The van der Waals surface area contributed by atoms with Crippen molar-refractivity contribution < 1.29 is 85.1 Å². The molecule has 6 rings (SSSR count). The minimum atomic E-state index is -3.39. The fourth-order valence-corrected chi connectivity index (χ4v) is 9.92. The fraction of sp³-hybridized carbons (Fsp3) is 0.900. The van der Waals surface area contributed by atoms with E-state index in [0.29, 0.717) is 58.5 Å². The third-order valence-electron chi connectivity index (χ3n) is 15.2. The molecule has 6 saturated carbocycles. The van der Waals surface area contributed by atoms with E-state index in [1.165, 1.54) is 0 Å². The van der Waals surface area contributed by atoms with Gasteiger partial charge in [0.15, 0.2) is 0 Å². The molecule has 0 saturated heterocycles. The number of rotatable bonds is 30. The molecule has 0 bridgehead atoms. The van der Waals surface area contributed by atoms with Crippen LogP contribution in [0.4, 0.5) is 0 Å². The van der Waals surface area contributed by atoms with Crippen molar-refractivity contribution in [2.75, 3.05) is 45.9 Å². The Kier molecular flexibility index (Phi) is 26.5. The second-order valence-corrected chi connectivity index (χ2v) is 29.8. The van der Waals surface area contributed by atoms with Gasteiger partial charge in [0.05, 0.1) is 51.4 Å². The first-order chi connectivity index (χ1) is 35.7. The zero-order valence-corrected chi connectivity index (χ0v) is 50.9. The van der Waals surface area contributed by atoms with Crippen LogP contribution in [0, 0.1) is 32.5 Å². The van der Waals surface area contributed by atoms with E-state index in [2.05, 4.69) is 0 Å². The molecule has 0 aromatic heterocycles. The highest BCUT2D eigenvalue weighted by molar-refractivity contribution is 7.85. The number of aliphatic hydroxyl groups excluding tert-OH is 1. The third-order valence-corrected chi connectivity index (χ3v) is 15.8. The summed E-state index contributed by atoms with van der Waals surface area (Å²) in [6, 6.07) is 0. The molecule has 0 aromatic carbocycles. The van der Waals surface area contributed by atoms with Gasteiger partial charge in [-0.25, -0.2) is 0 Å². The molecule has 0 unspecified atom stereocenters. The average Bonchev–Trinajstić information content (AvgIpc) is 4.00. The number of aliphatic carboxylic acids is 2. The van der Waals surface area contributed by atoms with E-state index in [1.807, 2.05) is 83.1 Å². The van der Waals surface area contributed by atoms with Crippen LogP contribution in [-0.2, 0) is 71.5 Å². The number of hydrogen-bond donors (Lipinski definition) is 3. The Bertz CT molecular complexity index is 2000. The molecule has 6 aliphatic rings. The molecule has 0 atom stereocenters. The van der Waals surface area contributed by atoms with Crippen LogP contribution in [-0.4, -0.2) is 128 Å². The lowest BCUT2D eigenvalue weighted by molar-refractivity contribution is -0.157. The first kappa shape index (κ1) is 71.7. The SMILES string of the molecule is C.CC(C)(C)OC(=O)CC1(CCO)CC1.CC(C)(C)OC(=O)CC1(CCOCCC2(CC(=O)OC(C)(C)C)CC2)CC1.CC(C)(C)OC(=O)CC1(CCOS(C)(=O)=O)CC1.O=C(O)CC1(CCOCCC2(CC(=O)O)CC2)CC1. The van der Waals surface area contributed by atoms with Gasteiger partial charge in [0.2, 0.25) is 0 Å². The summed E-state index contributed by atoms with van der Waals surface area (Å²) in [7, 11) is -3.39. The van der Waals surface area contributed by atoms with E-state index in [-0.39, 0.29) is 89.8 Å². The summed E-state index contributed by atoms with van der Waals surface area (Å²) in [5, 5.41) is 26.4. The molecular weight excluding hydrogens is 1040 g/mol. The predicted molar refractivity (Wildman–Crippen MR) is 300 cm³/mol. The van der Waals surface area contributed by atoms with Crippen molar-refractivity contribution in [1.82, 2.24) is 0 Å². The van der Waals surface area contributed by atoms with Gasteiger partial charge in [-0.05, 0) is 231 Å². The van der Waals surface area contributed by atoms with E-state index < -0.39 is 44.5 Å². The lowest BCUT2D eigenvalue weighted by Crippen LogP contribution is -2.26. The molecule has 460 valence electrons. The summed E-state index contributed by atoms with van der Waals surface area (Å²) in [4.78, 5) is 68.6. The van der Waals surface area contributed by atoms with Gasteiger partial charge < -0.3 is 43.7 Å². The minimum Gasteiger partial charge on any atom is -0.481 e. The summed E-state index contributed by atoms with van der Waals surface area (Å²) >= 11 is 0. The van der Waals surface area contributed by atoms with Crippen LogP contribution in [0.15, 0.2) is 0 Å². The van der Waals surface area contributed by atoms with Gasteiger partial charge in [-0.1, -0.05) is 7.43 Å². The summed E-state index contributed by atoms with van der Waals surface area (Å²) in [6.45, 7) is 25.4. The number of aliphatic hydroxyl groups is 1. The number of hydrogen-bond acceptors (Lipinski definition) is 16. The Labute approximate surface area is 474 Å². The summed E-state index contributed by atoms with van der Waals surface area (Å²) in [6.07, 6.45) is 20.3. The standard InChI is InChI=1S/C22H38O5.C14H22O5.C12H22O5S.C11H20O3.CH4/c1-19(2,3)26-17(23)15-21(7-8-21)11-13-25-14-12-22(9-10-22)16-18(24)27-20(4,5)6;15-11(16)9-13(1-2-13)5-7-19-8-6-14(3-4-14)10-12(17)18;1-11(2,3)17-10(13)9-12(5-6-12)7-8-16-18(4,14)15;1-10(2,3)14-9(13)8-11(4-5-11)6-7-12;/h7-16H2,1-6H3;1-10H2,(H,15,16)(H,17,18);5-9H2,1-4H3;12H,4-8H2,1-3H3;1H4. The molecule has 18 nitrogen and oxygen atoms in total. The van der Waals surface area contributed by atoms with E-state index in [0.717, 1.165) is 115 Å². The van der Waals surface area contributed by atoms with Gasteiger partial charge in [-0.15, -0.1) is 0 Å². The Hall–Kier alpha value is -3.39. The van der Waals surface area contributed by atoms with Crippen LogP contribution in [0.5, 0.6) is 0 Å². The lowest BCUT2D eigenvalue weighted by Gasteiger charge is -2.22.